The van der Waals surface area contributed by atoms with Crippen molar-refractivity contribution in [1.29, 1.82) is 0 Å². The lowest BCUT2D eigenvalue weighted by Gasteiger charge is -2.51. The van der Waals surface area contributed by atoms with Gasteiger partial charge in [-0.3, -0.25) is 14.9 Å². The molecule has 0 spiro atoms. The maximum atomic E-state index is 13.4. The monoisotopic (exact) mass is 635 g/mol. The van der Waals surface area contributed by atoms with Crippen LogP contribution in [-0.2, 0) is 20.7 Å². The second kappa shape index (κ2) is 13.7. The third-order valence-corrected chi connectivity index (χ3v) is 7.80. The maximum absolute atomic E-state index is 13.4. The lowest BCUT2D eigenvalue weighted by Crippen LogP contribution is -3.00. The molecule has 2 aromatic rings. The molecular formula is C28H39Cl2N9O4. The quantitative estimate of drug-likeness (QED) is 0.0943. The molecule has 3 aliphatic rings. The summed E-state index contributed by atoms with van der Waals surface area (Å²) >= 11 is 5.88. The largest absolute Gasteiger partial charge is 1.00 e. The van der Waals surface area contributed by atoms with Crippen LogP contribution in [0.1, 0.15) is 49.7 Å². The van der Waals surface area contributed by atoms with Gasteiger partial charge in [-0.25, -0.2) is 19.8 Å². The number of rotatable bonds is 8. The predicted octanol–water partition coefficient (Wildman–Crippen LogP) is -1.98. The number of carbonyl (C=O) groups excluding carboxylic acids is 3. The van der Waals surface area contributed by atoms with Crippen LogP contribution in [0, 0.1) is 5.92 Å². The van der Waals surface area contributed by atoms with Gasteiger partial charge in [-0.05, 0) is 32.3 Å². The fourth-order valence-corrected chi connectivity index (χ4v) is 5.70. The fourth-order valence-electron chi connectivity index (χ4n) is 5.57. The van der Waals surface area contributed by atoms with E-state index in [-0.39, 0.29) is 65.3 Å². The normalized spacial score (nSPS) is 22.2. The molecular weight excluding hydrogens is 597 g/mol. The Morgan fingerprint density at radius 2 is 1.77 bits per heavy atom. The summed E-state index contributed by atoms with van der Waals surface area (Å²) in [5, 5.41) is 5.28. The minimum absolute atomic E-state index is 0. The summed E-state index contributed by atoms with van der Waals surface area (Å²) in [6.07, 6.45) is 2.03. The second-order valence-corrected chi connectivity index (χ2v) is 12.3. The number of nitrogens with zero attached hydrogens (tertiary/aromatic N) is 4. The zero-order chi connectivity index (χ0) is 30.7. The number of esters is 1. The van der Waals surface area contributed by atoms with E-state index in [0.717, 1.165) is 31.5 Å². The van der Waals surface area contributed by atoms with Crippen LogP contribution in [0.3, 0.4) is 0 Å². The number of hydrogen-bond donors (Lipinski definition) is 5. The number of aliphatic imine (C=N–C) groups is 1. The molecule has 5 rings (SSSR count). The third kappa shape index (κ3) is 8.91. The van der Waals surface area contributed by atoms with E-state index in [1.54, 1.807) is 20.8 Å². The number of piperidine rings is 3. The van der Waals surface area contributed by atoms with Crippen LogP contribution in [0.25, 0.3) is 0 Å². The van der Waals surface area contributed by atoms with Crippen LogP contribution in [0.5, 0.6) is 0 Å². The lowest BCUT2D eigenvalue weighted by molar-refractivity contribution is -0.936. The first-order chi connectivity index (χ1) is 19.7. The van der Waals surface area contributed by atoms with E-state index in [4.69, 9.17) is 33.5 Å². The molecule has 2 atom stereocenters. The fraction of sp³-hybridized carbons (Fsp3) is 0.500. The highest BCUT2D eigenvalue weighted by Gasteiger charge is 2.47. The molecule has 13 nitrogen and oxygen atoms in total. The maximum Gasteiger partial charge on any atom is 0.329 e. The molecule has 15 heteroatoms. The summed E-state index contributed by atoms with van der Waals surface area (Å²) in [7, 11) is 0. The molecule has 0 radical (unpaired) electrons. The zero-order valence-corrected chi connectivity index (χ0v) is 26.0. The topological polar surface area (TPSA) is 201 Å². The summed E-state index contributed by atoms with van der Waals surface area (Å²) in [4.78, 5) is 51.4. The summed E-state index contributed by atoms with van der Waals surface area (Å²) in [5.74, 6) is -1.52. The Hall–Kier alpha value is -3.68. The summed E-state index contributed by atoms with van der Waals surface area (Å²) in [6.45, 7) is 7.76. The zero-order valence-electron chi connectivity index (χ0n) is 24.5. The summed E-state index contributed by atoms with van der Waals surface area (Å²) in [6, 6.07) is 8.48. The standard InChI is InChI=1S/C28H38ClN9O4.ClH/c1-28(2,3)42-26(41)18(13-16-7-5-4-6-8-16)33-20(39)15-38-11-9-17(10-12-38)19(14-38)34-27(32)37-25(40)21-23(30)36-24(31)22(29)35-21;/h4-8,17-19H,9-15H2,1-3H3,(H7-,30,31,32,33,34,36,37,39,40);1H/t17?,18-,19+,38?;/m0./s1. The number of quaternary nitrogens is 1. The van der Waals surface area contributed by atoms with Gasteiger partial charge in [0.1, 0.15) is 24.2 Å². The number of ether oxygens (including phenoxy) is 1. The molecule has 0 unspecified atom stereocenters. The van der Waals surface area contributed by atoms with E-state index in [0.29, 0.717) is 17.4 Å². The van der Waals surface area contributed by atoms with Crippen LogP contribution in [0.2, 0.25) is 5.15 Å². The molecule has 2 amide bonds. The molecule has 3 aliphatic heterocycles. The van der Waals surface area contributed by atoms with Crippen molar-refractivity contribution in [2.45, 2.75) is 57.7 Å². The van der Waals surface area contributed by atoms with Crippen molar-refractivity contribution < 1.29 is 36.0 Å². The van der Waals surface area contributed by atoms with Gasteiger partial charge in [-0.15, -0.1) is 0 Å². The number of nitrogens with one attached hydrogen (secondary N) is 2. The Kier molecular flexibility index (Phi) is 10.8. The SMILES string of the molecule is CC(C)(C)OC(=O)[C@H](Cc1ccccc1)NC(=O)C[N+]12CCC(CC1)[C@H](N=C(N)NC(=O)c1nc(Cl)c(N)nc1N)C2.[Cl-]. The van der Waals surface area contributed by atoms with Gasteiger partial charge in [0, 0.05) is 19.3 Å². The number of nitrogens with two attached hydrogens (primary N) is 3. The Balaban J connectivity index is 0.00000506. The van der Waals surface area contributed by atoms with Gasteiger partial charge in [-0.1, -0.05) is 41.9 Å². The molecule has 3 saturated heterocycles. The molecule has 0 saturated carbocycles. The molecule has 8 N–H and O–H groups in total. The van der Waals surface area contributed by atoms with Gasteiger partial charge in [0.05, 0.1) is 13.1 Å². The van der Waals surface area contributed by atoms with Crippen molar-refractivity contribution in [2.75, 3.05) is 37.6 Å². The number of benzene rings is 1. The Morgan fingerprint density at radius 3 is 2.40 bits per heavy atom. The van der Waals surface area contributed by atoms with Gasteiger partial charge >= 0.3 is 5.97 Å². The van der Waals surface area contributed by atoms with Gasteiger partial charge < -0.3 is 44.1 Å². The second-order valence-electron chi connectivity index (χ2n) is 12.0. The molecule has 43 heavy (non-hydrogen) atoms. The number of guanidine groups is 1. The average Bonchev–Trinajstić information content (AvgIpc) is 2.90. The van der Waals surface area contributed by atoms with Crippen LogP contribution in [0.4, 0.5) is 11.6 Å². The number of nitrogen functional groups attached to an aromatic ring is 2. The van der Waals surface area contributed by atoms with E-state index in [1.807, 2.05) is 30.3 Å². The summed E-state index contributed by atoms with van der Waals surface area (Å²) in [5.41, 5.74) is 17.5. The van der Waals surface area contributed by atoms with Gasteiger partial charge in [0.15, 0.2) is 35.0 Å². The van der Waals surface area contributed by atoms with Crippen molar-refractivity contribution in [3.05, 3.63) is 46.7 Å². The Bertz CT molecular complexity index is 1360. The van der Waals surface area contributed by atoms with E-state index in [9.17, 15) is 14.4 Å². The molecule has 1 aromatic heterocycles. The van der Waals surface area contributed by atoms with Crippen molar-refractivity contribution >= 4 is 47.0 Å². The van der Waals surface area contributed by atoms with Crippen molar-refractivity contribution in [1.82, 2.24) is 20.6 Å². The lowest BCUT2D eigenvalue weighted by atomic mass is 9.82. The molecule has 2 bridgehead atoms. The number of anilines is 2. The van der Waals surface area contributed by atoms with Gasteiger partial charge in [0.25, 0.3) is 11.8 Å². The van der Waals surface area contributed by atoms with Crippen LogP contribution in [0.15, 0.2) is 35.3 Å². The van der Waals surface area contributed by atoms with Gasteiger partial charge in [0.2, 0.25) is 0 Å². The van der Waals surface area contributed by atoms with Crippen molar-refractivity contribution in [2.24, 2.45) is 16.6 Å². The molecule has 3 fully saturated rings. The van der Waals surface area contributed by atoms with Crippen LogP contribution >= 0.6 is 11.6 Å². The number of carbonyl (C=O) groups is 3. The number of hydrogen-bond acceptors (Lipinski definition) is 9. The van der Waals surface area contributed by atoms with E-state index < -0.39 is 23.5 Å². The smallest absolute Gasteiger partial charge is 0.329 e. The minimum atomic E-state index is -0.822. The number of halogens is 2. The molecule has 4 heterocycles. The highest BCUT2D eigenvalue weighted by atomic mass is 35.5. The first kappa shape index (κ1) is 33.8. The van der Waals surface area contributed by atoms with E-state index in [1.165, 1.54) is 0 Å². The highest BCUT2D eigenvalue weighted by molar-refractivity contribution is 6.31. The molecule has 234 valence electrons. The summed E-state index contributed by atoms with van der Waals surface area (Å²) < 4.78 is 6.12. The predicted molar refractivity (Wildman–Crippen MR) is 159 cm³/mol. The first-order valence-electron chi connectivity index (χ1n) is 13.9. The molecule has 0 aliphatic carbocycles. The average molecular weight is 637 g/mol. The van der Waals surface area contributed by atoms with Crippen LogP contribution in [-0.4, -0.2) is 82.1 Å². The molecule has 1 aromatic carbocycles. The third-order valence-electron chi connectivity index (χ3n) is 7.52. The van der Waals surface area contributed by atoms with Crippen LogP contribution < -0.4 is 40.2 Å². The highest BCUT2D eigenvalue weighted by Crippen LogP contribution is 2.35. The van der Waals surface area contributed by atoms with E-state index >= 15 is 0 Å². The van der Waals surface area contributed by atoms with Crippen molar-refractivity contribution in [3.63, 3.8) is 0 Å². The van der Waals surface area contributed by atoms with E-state index in [2.05, 4.69) is 25.6 Å². The number of aromatic nitrogens is 2. The Morgan fingerprint density at radius 1 is 1.12 bits per heavy atom. The Labute approximate surface area is 262 Å². The number of fused-ring (bicyclic) bond motifs is 3. The minimum Gasteiger partial charge on any atom is -1.00 e. The van der Waals surface area contributed by atoms with Gasteiger partial charge in [-0.2, -0.15) is 0 Å². The first-order valence-corrected chi connectivity index (χ1v) is 14.3. The van der Waals surface area contributed by atoms with Crippen molar-refractivity contribution in [3.8, 4) is 0 Å². The number of amides is 2.